The van der Waals surface area contributed by atoms with Crippen molar-refractivity contribution in [1.82, 2.24) is 0 Å². The van der Waals surface area contributed by atoms with Gasteiger partial charge >= 0.3 is 0 Å². The Morgan fingerprint density at radius 3 is 2.15 bits per heavy atom. The number of amides is 1. The lowest BCUT2D eigenvalue weighted by atomic mass is 10.2. The molecule has 0 saturated heterocycles. The van der Waals surface area contributed by atoms with Crippen LogP contribution >= 0.6 is 0 Å². The zero-order valence-electron chi connectivity index (χ0n) is 14.9. The number of anilines is 1. The van der Waals surface area contributed by atoms with E-state index < -0.39 is 0 Å². The highest BCUT2D eigenvalue weighted by Crippen LogP contribution is 2.18. The fourth-order valence-electron chi connectivity index (χ4n) is 2.44. The summed E-state index contributed by atoms with van der Waals surface area (Å²) in [5.74, 6) is 1.27. The lowest BCUT2D eigenvalue weighted by molar-refractivity contribution is 0.102. The van der Waals surface area contributed by atoms with Gasteiger partial charge in [0.1, 0.15) is 24.7 Å². The van der Waals surface area contributed by atoms with Crippen molar-refractivity contribution in [3.05, 3.63) is 103 Å². The van der Waals surface area contributed by atoms with E-state index in [0.29, 0.717) is 24.5 Å². The molecule has 3 aromatic rings. The van der Waals surface area contributed by atoms with E-state index in [-0.39, 0.29) is 5.91 Å². The molecule has 3 rings (SSSR count). The van der Waals surface area contributed by atoms with Gasteiger partial charge in [-0.15, -0.1) is 0 Å². The average molecular weight is 359 g/mol. The first-order valence-corrected chi connectivity index (χ1v) is 8.66. The Labute approximate surface area is 159 Å². The molecule has 0 aliphatic heterocycles. The summed E-state index contributed by atoms with van der Waals surface area (Å²) in [5, 5.41) is 2.86. The van der Waals surface area contributed by atoms with Crippen LogP contribution in [0.1, 0.15) is 15.9 Å². The van der Waals surface area contributed by atoms with E-state index >= 15 is 0 Å². The highest BCUT2D eigenvalue weighted by atomic mass is 16.5. The molecule has 0 aliphatic rings. The first-order valence-electron chi connectivity index (χ1n) is 8.66. The van der Waals surface area contributed by atoms with Crippen LogP contribution in [0.25, 0.3) is 0 Å². The lowest BCUT2D eigenvalue weighted by Gasteiger charge is -2.09. The minimum atomic E-state index is -0.177. The maximum absolute atomic E-state index is 12.4. The van der Waals surface area contributed by atoms with Gasteiger partial charge < -0.3 is 14.8 Å². The van der Waals surface area contributed by atoms with Crippen LogP contribution < -0.4 is 14.8 Å². The Kier molecular flexibility index (Phi) is 6.26. The van der Waals surface area contributed by atoms with E-state index in [4.69, 9.17) is 9.47 Å². The number of nitrogens with one attached hydrogen (secondary N) is 1. The number of rotatable bonds is 8. The molecule has 27 heavy (non-hydrogen) atoms. The van der Waals surface area contributed by atoms with Crippen LogP contribution in [-0.2, 0) is 6.61 Å². The second-order valence-electron chi connectivity index (χ2n) is 5.88. The second kappa shape index (κ2) is 9.25. The summed E-state index contributed by atoms with van der Waals surface area (Å²) in [7, 11) is 0. The molecule has 0 saturated carbocycles. The van der Waals surface area contributed by atoms with Crippen molar-refractivity contribution < 1.29 is 14.3 Å². The number of hydrogen-bond donors (Lipinski definition) is 1. The van der Waals surface area contributed by atoms with Crippen LogP contribution in [0.5, 0.6) is 11.5 Å². The van der Waals surface area contributed by atoms with E-state index in [0.717, 1.165) is 17.1 Å². The Hall–Kier alpha value is -3.53. The first kappa shape index (κ1) is 18.3. The molecule has 0 aliphatic carbocycles. The van der Waals surface area contributed by atoms with E-state index in [1.807, 2.05) is 30.3 Å². The van der Waals surface area contributed by atoms with Crippen LogP contribution in [0.15, 0.2) is 91.5 Å². The lowest BCUT2D eigenvalue weighted by Crippen LogP contribution is -2.11. The third-order valence-corrected chi connectivity index (χ3v) is 3.84. The Morgan fingerprint density at radius 2 is 1.48 bits per heavy atom. The quantitative estimate of drug-likeness (QED) is 0.570. The molecule has 0 bridgehead atoms. The molecule has 0 spiro atoms. The van der Waals surface area contributed by atoms with Crippen LogP contribution in [-0.4, -0.2) is 12.5 Å². The second-order valence-corrected chi connectivity index (χ2v) is 5.88. The third kappa shape index (κ3) is 5.47. The monoisotopic (exact) mass is 359 g/mol. The minimum Gasteiger partial charge on any atom is -0.490 e. The van der Waals surface area contributed by atoms with Crippen molar-refractivity contribution in [2.24, 2.45) is 0 Å². The van der Waals surface area contributed by atoms with Crippen LogP contribution in [0.2, 0.25) is 0 Å². The standard InChI is InChI=1S/C23H21NO3/c1-2-16-26-21-14-10-20(11-15-21)24-23(25)19-8-12-22(13-9-19)27-17-18-6-4-3-5-7-18/h2-15H,1,16-17H2,(H,24,25). The molecular weight excluding hydrogens is 338 g/mol. The molecule has 0 fully saturated rings. The maximum atomic E-state index is 12.4. The molecule has 0 unspecified atom stereocenters. The highest BCUT2D eigenvalue weighted by Gasteiger charge is 2.07. The Morgan fingerprint density at radius 1 is 0.852 bits per heavy atom. The molecule has 1 amide bonds. The summed E-state index contributed by atoms with van der Waals surface area (Å²) in [6.45, 7) is 4.55. The number of carbonyl (C=O) groups excluding carboxylic acids is 1. The van der Waals surface area contributed by atoms with E-state index in [1.54, 1.807) is 54.6 Å². The number of hydrogen-bond acceptors (Lipinski definition) is 3. The number of benzene rings is 3. The van der Waals surface area contributed by atoms with Crippen molar-refractivity contribution in [3.63, 3.8) is 0 Å². The molecule has 3 aromatic carbocycles. The van der Waals surface area contributed by atoms with Gasteiger partial charge in [0.25, 0.3) is 5.91 Å². The molecule has 0 radical (unpaired) electrons. The SMILES string of the molecule is C=CCOc1ccc(NC(=O)c2ccc(OCc3ccccc3)cc2)cc1. The van der Waals surface area contributed by atoms with Gasteiger partial charge in [-0.1, -0.05) is 43.0 Å². The summed E-state index contributed by atoms with van der Waals surface area (Å²) in [5.41, 5.74) is 2.37. The fraction of sp³-hybridized carbons (Fsp3) is 0.0870. The topological polar surface area (TPSA) is 47.6 Å². The first-order chi connectivity index (χ1) is 13.2. The van der Waals surface area contributed by atoms with Crippen molar-refractivity contribution in [1.29, 1.82) is 0 Å². The van der Waals surface area contributed by atoms with E-state index in [1.165, 1.54) is 0 Å². The molecule has 1 N–H and O–H groups in total. The van der Waals surface area contributed by atoms with Gasteiger partial charge in [-0.05, 0) is 54.1 Å². The summed E-state index contributed by atoms with van der Waals surface area (Å²) in [6, 6.07) is 24.2. The molecule has 4 nitrogen and oxygen atoms in total. The summed E-state index contributed by atoms with van der Waals surface area (Å²) in [6.07, 6.45) is 1.68. The van der Waals surface area contributed by atoms with Crippen LogP contribution in [0.4, 0.5) is 5.69 Å². The van der Waals surface area contributed by atoms with Crippen LogP contribution in [0.3, 0.4) is 0 Å². The molecule has 0 heterocycles. The summed E-state index contributed by atoms with van der Waals surface area (Å²) in [4.78, 5) is 12.4. The average Bonchev–Trinajstić information content (AvgIpc) is 2.73. The highest BCUT2D eigenvalue weighted by molar-refractivity contribution is 6.04. The molecular formula is C23H21NO3. The predicted molar refractivity (Wildman–Crippen MR) is 107 cm³/mol. The Bertz CT molecular complexity index is 872. The summed E-state index contributed by atoms with van der Waals surface area (Å²) < 4.78 is 11.2. The van der Waals surface area contributed by atoms with Gasteiger partial charge in [0.15, 0.2) is 0 Å². The normalized spacial score (nSPS) is 10.1. The van der Waals surface area contributed by atoms with Crippen molar-refractivity contribution in [3.8, 4) is 11.5 Å². The molecule has 4 heteroatoms. The predicted octanol–water partition coefficient (Wildman–Crippen LogP) is 5.08. The minimum absolute atomic E-state index is 0.177. The van der Waals surface area contributed by atoms with Gasteiger partial charge in [-0.25, -0.2) is 0 Å². The zero-order valence-corrected chi connectivity index (χ0v) is 14.9. The number of ether oxygens (including phenoxy) is 2. The van der Waals surface area contributed by atoms with E-state index in [2.05, 4.69) is 11.9 Å². The maximum Gasteiger partial charge on any atom is 0.255 e. The van der Waals surface area contributed by atoms with Crippen LogP contribution in [0, 0.1) is 0 Å². The largest absolute Gasteiger partial charge is 0.490 e. The van der Waals surface area contributed by atoms with Crippen molar-refractivity contribution in [2.45, 2.75) is 6.61 Å². The van der Waals surface area contributed by atoms with Gasteiger partial charge in [-0.2, -0.15) is 0 Å². The van der Waals surface area contributed by atoms with Crippen molar-refractivity contribution in [2.75, 3.05) is 11.9 Å². The summed E-state index contributed by atoms with van der Waals surface area (Å²) >= 11 is 0. The van der Waals surface area contributed by atoms with E-state index in [9.17, 15) is 4.79 Å². The van der Waals surface area contributed by atoms with Gasteiger partial charge in [0.2, 0.25) is 0 Å². The fourth-order valence-corrected chi connectivity index (χ4v) is 2.44. The Balaban J connectivity index is 1.54. The van der Waals surface area contributed by atoms with Gasteiger partial charge in [-0.3, -0.25) is 4.79 Å². The smallest absolute Gasteiger partial charge is 0.255 e. The molecule has 0 aromatic heterocycles. The van der Waals surface area contributed by atoms with Gasteiger partial charge in [0, 0.05) is 11.3 Å². The van der Waals surface area contributed by atoms with Crippen molar-refractivity contribution >= 4 is 11.6 Å². The molecule has 0 atom stereocenters. The third-order valence-electron chi connectivity index (χ3n) is 3.84. The number of carbonyl (C=O) groups is 1. The zero-order chi connectivity index (χ0) is 18.9. The van der Waals surface area contributed by atoms with Gasteiger partial charge in [0.05, 0.1) is 0 Å². The molecule has 136 valence electrons.